The first-order valence-electron chi connectivity index (χ1n) is 9.75. The summed E-state index contributed by atoms with van der Waals surface area (Å²) in [4.78, 5) is 15.9. The number of fused-ring (bicyclic) bond motifs is 2. The topological polar surface area (TPSA) is 54.5 Å². The molecule has 1 amide bonds. The van der Waals surface area contributed by atoms with E-state index in [-0.39, 0.29) is 12.1 Å². The first-order chi connectivity index (χ1) is 13.3. The summed E-state index contributed by atoms with van der Waals surface area (Å²) in [6.45, 7) is 6.50. The van der Waals surface area contributed by atoms with Gasteiger partial charge in [0.05, 0.1) is 4.88 Å². The smallest absolute Gasteiger partial charge is 0.407 e. The highest BCUT2D eigenvalue weighted by molar-refractivity contribution is 7.09. The summed E-state index contributed by atoms with van der Waals surface area (Å²) < 4.78 is 9.69. The van der Waals surface area contributed by atoms with E-state index in [1.54, 1.807) is 0 Å². The van der Waals surface area contributed by atoms with Gasteiger partial charge in [-0.05, 0) is 69.3 Å². The fraction of sp³-hybridized carbons (Fsp3) is 0.524. The molecule has 3 atom stereocenters. The predicted molar refractivity (Wildman–Crippen MR) is 113 cm³/mol. The molecule has 2 aromatic rings. The average molecular weight is 420 g/mol. The van der Waals surface area contributed by atoms with E-state index in [9.17, 15) is 4.79 Å². The summed E-state index contributed by atoms with van der Waals surface area (Å²) in [5, 5.41) is 3.86. The van der Waals surface area contributed by atoms with Crippen molar-refractivity contribution < 1.29 is 9.53 Å². The monoisotopic (exact) mass is 419 g/mol. The van der Waals surface area contributed by atoms with Gasteiger partial charge < -0.3 is 10.1 Å². The molecule has 0 saturated carbocycles. The highest BCUT2D eigenvalue weighted by Crippen LogP contribution is 2.41. The fourth-order valence-electron chi connectivity index (χ4n) is 4.48. The molecule has 2 aliphatic heterocycles. The maximum atomic E-state index is 12.2. The van der Waals surface area contributed by atoms with Crippen molar-refractivity contribution in [1.82, 2.24) is 14.6 Å². The molecule has 1 N–H and O–H groups in total. The van der Waals surface area contributed by atoms with Crippen LogP contribution in [0.25, 0.3) is 10.4 Å². The zero-order chi connectivity index (χ0) is 19.9. The number of amides is 1. The number of alkyl carbamates (subject to hydrolysis) is 1. The SMILES string of the molecule is CC(C)(C)OC(=O)N[C@H]1C[C@H]2CC[C@@H]1N2Cc1cccc(Cl)c1-c1ccns1. The number of hydrogen-bond acceptors (Lipinski definition) is 5. The number of nitrogens with zero attached hydrogens (tertiary/aromatic N) is 2. The molecule has 0 spiro atoms. The molecule has 150 valence electrons. The number of halogens is 1. The minimum atomic E-state index is -0.480. The molecule has 0 aliphatic carbocycles. The zero-order valence-electron chi connectivity index (χ0n) is 16.4. The van der Waals surface area contributed by atoms with Gasteiger partial charge in [0.15, 0.2) is 0 Å². The Balaban J connectivity index is 1.50. The first-order valence-corrected chi connectivity index (χ1v) is 10.9. The summed E-state index contributed by atoms with van der Waals surface area (Å²) in [6, 6.07) is 9.07. The third kappa shape index (κ3) is 4.04. The lowest BCUT2D eigenvalue weighted by Crippen LogP contribution is -2.45. The molecule has 0 radical (unpaired) electrons. The Labute approximate surface area is 175 Å². The standard InChI is InChI=1S/C21H26ClN3O2S/c1-21(2,3)27-20(26)24-16-11-14-7-8-17(16)25(14)12-13-5-4-6-15(22)19(13)18-9-10-23-28-18/h4-6,9-10,14,16-17H,7-8,11-12H2,1-3H3,(H,24,26)/t14-,16+,17+/m1/s1. The molecule has 2 aliphatic rings. The average Bonchev–Trinajstić information content (AvgIpc) is 3.30. The second-order valence-electron chi connectivity index (χ2n) is 8.61. The predicted octanol–water partition coefficient (Wildman–Crippen LogP) is 5.09. The molecule has 0 unspecified atom stereocenters. The van der Waals surface area contributed by atoms with Crippen LogP contribution in [0.2, 0.25) is 5.02 Å². The maximum absolute atomic E-state index is 12.2. The lowest BCUT2D eigenvalue weighted by molar-refractivity contribution is 0.0491. The minimum Gasteiger partial charge on any atom is -0.444 e. The Morgan fingerprint density at radius 2 is 2.18 bits per heavy atom. The van der Waals surface area contributed by atoms with Crippen molar-refractivity contribution in [3.8, 4) is 10.4 Å². The van der Waals surface area contributed by atoms with Crippen molar-refractivity contribution in [2.45, 2.75) is 70.3 Å². The molecule has 2 saturated heterocycles. The van der Waals surface area contributed by atoms with Crippen LogP contribution in [0.5, 0.6) is 0 Å². The van der Waals surface area contributed by atoms with Crippen molar-refractivity contribution in [3.05, 3.63) is 41.0 Å². The van der Waals surface area contributed by atoms with Crippen LogP contribution in [0.3, 0.4) is 0 Å². The van der Waals surface area contributed by atoms with Gasteiger partial charge in [-0.1, -0.05) is 23.7 Å². The molecule has 7 heteroatoms. The Morgan fingerprint density at radius 3 is 2.89 bits per heavy atom. The molecule has 1 aromatic carbocycles. The van der Waals surface area contributed by atoms with Crippen molar-refractivity contribution in [3.63, 3.8) is 0 Å². The van der Waals surface area contributed by atoms with E-state index in [0.717, 1.165) is 34.8 Å². The van der Waals surface area contributed by atoms with Crippen LogP contribution in [-0.4, -0.2) is 39.1 Å². The summed E-state index contributed by atoms with van der Waals surface area (Å²) in [5.41, 5.74) is 1.81. The summed E-state index contributed by atoms with van der Waals surface area (Å²) >= 11 is 8.01. The minimum absolute atomic E-state index is 0.139. The molecule has 2 bridgehead atoms. The van der Waals surface area contributed by atoms with Gasteiger partial charge in [-0.15, -0.1) is 0 Å². The second-order valence-corrected chi connectivity index (χ2v) is 9.85. The molecule has 5 nitrogen and oxygen atoms in total. The number of carbonyl (C=O) groups is 1. The zero-order valence-corrected chi connectivity index (χ0v) is 18.0. The van der Waals surface area contributed by atoms with Crippen molar-refractivity contribution in [1.29, 1.82) is 0 Å². The van der Waals surface area contributed by atoms with Gasteiger partial charge in [0.1, 0.15) is 5.60 Å². The van der Waals surface area contributed by atoms with Crippen molar-refractivity contribution in [2.24, 2.45) is 0 Å². The molecule has 4 rings (SSSR count). The molecule has 2 fully saturated rings. The molecular formula is C21H26ClN3O2S. The number of rotatable bonds is 4. The summed E-state index contributed by atoms with van der Waals surface area (Å²) in [6.07, 6.45) is 4.74. The van der Waals surface area contributed by atoms with E-state index in [1.165, 1.54) is 23.5 Å². The third-order valence-corrected chi connectivity index (χ3v) is 6.60. The normalized spacial score (nSPS) is 24.5. The van der Waals surface area contributed by atoms with Crippen LogP contribution in [0.1, 0.15) is 45.6 Å². The van der Waals surface area contributed by atoms with E-state index in [2.05, 4.69) is 20.7 Å². The van der Waals surface area contributed by atoms with Crippen LogP contribution < -0.4 is 5.32 Å². The first kappa shape index (κ1) is 19.7. The van der Waals surface area contributed by atoms with Crippen LogP contribution in [0.4, 0.5) is 4.79 Å². The van der Waals surface area contributed by atoms with Crippen LogP contribution in [0.15, 0.2) is 30.5 Å². The van der Waals surface area contributed by atoms with E-state index in [1.807, 2.05) is 45.2 Å². The van der Waals surface area contributed by atoms with Gasteiger partial charge >= 0.3 is 6.09 Å². The van der Waals surface area contributed by atoms with Gasteiger partial charge in [-0.3, -0.25) is 4.90 Å². The lowest BCUT2D eigenvalue weighted by atomic mass is 9.96. The van der Waals surface area contributed by atoms with Gasteiger partial charge in [0.2, 0.25) is 0 Å². The number of ether oxygens (including phenoxy) is 1. The van der Waals surface area contributed by atoms with Crippen molar-refractivity contribution in [2.75, 3.05) is 0 Å². The van der Waals surface area contributed by atoms with Crippen LogP contribution in [-0.2, 0) is 11.3 Å². The Morgan fingerprint density at radius 1 is 1.36 bits per heavy atom. The van der Waals surface area contributed by atoms with Crippen LogP contribution in [0, 0.1) is 0 Å². The highest BCUT2D eigenvalue weighted by Gasteiger charge is 2.47. The van der Waals surface area contributed by atoms with E-state index in [4.69, 9.17) is 16.3 Å². The maximum Gasteiger partial charge on any atom is 0.407 e. The highest BCUT2D eigenvalue weighted by atomic mass is 35.5. The van der Waals surface area contributed by atoms with Gasteiger partial charge in [-0.25, -0.2) is 9.17 Å². The quantitative estimate of drug-likeness (QED) is 0.749. The second kappa shape index (κ2) is 7.65. The Kier molecular flexibility index (Phi) is 5.38. The summed E-state index contributed by atoms with van der Waals surface area (Å²) in [7, 11) is 0. The van der Waals surface area contributed by atoms with Gasteiger partial charge in [-0.2, -0.15) is 0 Å². The lowest BCUT2D eigenvalue weighted by Gasteiger charge is -2.27. The Hall–Kier alpha value is -1.63. The van der Waals surface area contributed by atoms with Gasteiger partial charge in [0.25, 0.3) is 0 Å². The van der Waals surface area contributed by atoms with Gasteiger partial charge in [0, 0.05) is 41.5 Å². The van der Waals surface area contributed by atoms with Crippen molar-refractivity contribution >= 4 is 29.2 Å². The van der Waals surface area contributed by atoms with E-state index >= 15 is 0 Å². The van der Waals surface area contributed by atoms with Crippen LogP contribution >= 0.6 is 23.1 Å². The number of hydrogen-bond donors (Lipinski definition) is 1. The third-order valence-electron chi connectivity index (χ3n) is 5.52. The number of carbonyl (C=O) groups excluding carboxylic acids is 1. The largest absolute Gasteiger partial charge is 0.444 e. The number of aromatic nitrogens is 1. The van der Waals surface area contributed by atoms with E-state index < -0.39 is 5.60 Å². The number of benzene rings is 1. The Bertz CT molecular complexity index is 850. The molecule has 3 heterocycles. The molecule has 28 heavy (non-hydrogen) atoms. The summed E-state index contributed by atoms with van der Waals surface area (Å²) in [5.74, 6) is 0. The number of nitrogens with one attached hydrogen (secondary N) is 1. The molecule has 1 aromatic heterocycles. The van der Waals surface area contributed by atoms with E-state index in [0.29, 0.717) is 12.1 Å². The fourth-order valence-corrected chi connectivity index (χ4v) is 5.52. The molecular weight excluding hydrogens is 394 g/mol.